The van der Waals surface area contributed by atoms with Crippen molar-refractivity contribution in [3.8, 4) is 22.9 Å². The number of nitrogens with zero attached hydrogens (tertiary/aromatic N) is 4. The summed E-state index contributed by atoms with van der Waals surface area (Å²) in [7, 11) is 0. The van der Waals surface area contributed by atoms with Crippen molar-refractivity contribution in [2.45, 2.75) is 40.2 Å². The third-order valence-corrected chi connectivity index (χ3v) is 7.89. The molecule has 0 spiro atoms. The topological polar surface area (TPSA) is 146 Å². The Kier molecular flexibility index (Phi) is 9.80. The SMILES string of the molecule is CCOc1cc(C)c(-c2nc3ccccc3c(=O)n2N=Cc2cc(Br)cc([N+](=O)[O-])c2OCc2ccc(C(=O)O)cc2)cc1C(C)C. The van der Waals surface area contributed by atoms with E-state index in [0.29, 0.717) is 33.1 Å². The van der Waals surface area contributed by atoms with Gasteiger partial charge in [-0.05, 0) is 78.9 Å². The summed E-state index contributed by atoms with van der Waals surface area (Å²) in [5.41, 5.74) is 3.12. The van der Waals surface area contributed by atoms with Crippen molar-refractivity contribution in [1.29, 1.82) is 0 Å². The molecule has 0 amide bonds. The number of aryl methyl sites for hydroxylation is 1. The molecule has 0 bridgehead atoms. The molecule has 0 aliphatic carbocycles. The molecule has 12 heteroatoms. The van der Waals surface area contributed by atoms with Gasteiger partial charge in [-0.15, -0.1) is 0 Å². The van der Waals surface area contributed by atoms with E-state index < -0.39 is 16.5 Å². The highest BCUT2D eigenvalue weighted by Gasteiger charge is 2.22. The summed E-state index contributed by atoms with van der Waals surface area (Å²) >= 11 is 3.34. The Morgan fingerprint density at radius 3 is 2.49 bits per heavy atom. The molecule has 5 rings (SSSR count). The van der Waals surface area contributed by atoms with Gasteiger partial charge in [0.1, 0.15) is 12.4 Å². The molecule has 0 saturated heterocycles. The Hall–Kier alpha value is -5.36. The van der Waals surface area contributed by atoms with Crippen molar-refractivity contribution in [3.05, 3.63) is 126 Å². The fraction of sp³-hybridized carbons (Fsp3) is 0.200. The van der Waals surface area contributed by atoms with Crippen LogP contribution in [0.3, 0.4) is 0 Å². The highest BCUT2D eigenvalue weighted by atomic mass is 79.9. The van der Waals surface area contributed by atoms with Crippen LogP contribution in [0.15, 0.2) is 87.2 Å². The number of ether oxygens (including phenoxy) is 2. The van der Waals surface area contributed by atoms with Gasteiger partial charge in [0.25, 0.3) is 5.56 Å². The van der Waals surface area contributed by atoms with E-state index in [0.717, 1.165) is 16.9 Å². The average molecular weight is 700 g/mol. The van der Waals surface area contributed by atoms with Gasteiger partial charge >= 0.3 is 11.7 Å². The molecule has 0 fully saturated rings. The number of aromatic carboxylic acids is 1. The Bertz CT molecular complexity index is 2090. The molecule has 47 heavy (non-hydrogen) atoms. The maximum atomic E-state index is 14.0. The third-order valence-electron chi connectivity index (χ3n) is 7.43. The van der Waals surface area contributed by atoms with E-state index in [1.54, 1.807) is 42.5 Å². The first-order valence-corrected chi connectivity index (χ1v) is 15.5. The number of hydrogen-bond donors (Lipinski definition) is 1. The number of rotatable bonds is 11. The van der Waals surface area contributed by atoms with Gasteiger partial charge in [0.15, 0.2) is 5.82 Å². The van der Waals surface area contributed by atoms with Gasteiger partial charge in [-0.1, -0.05) is 54.0 Å². The lowest BCUT2D eigenvalue weighted by atomic mass is 9.96. The van der Waals surface area contributed by atoms with E-state index in [1.807, 2.05) is 26.0 Å². The van der Waals surface area contributed by atoms with Crippen LogP contribution < -0.4 is 15.0 Å². The van der Waals surface area contributed by atoms with Crippen LogP contribution in [0.2, 0.25) is 0 Å². The summed E-state index contributed by atoms with van der Waals surface area (Å²) in [5, 5.41) is 26.2. The number of halogens is 1. The minimum atomic E-state index is -1.07. The summed E-state index contributed by atoms with van der Waals surface area (Å²) in [4.78, 5) is 41.6. The number of nitro benzene ring substituents is 1. The highest BCUT2D eigenvalue weighted by Crippen LogP contribution is 2.36. The average Bonchev–Trinajstić information content (AvgIpc) is 3.03. The summed E-state index contributed by atoms with van der Waals surface area (Å²) in [6, 6.07) is 19.7. The maximum Gasteiger partial charge on any atom is 0.335 e. The molecule has 0 atom stereocenters. The number of para-hydroxylation sites is 1. The summed E-state index contributed by atoms with van der Waals surface area (Å²) in [5.74, 6) is 0.00746. The second-order valence-electron chi connectivity index (χ2n) is 11.0. The molecule has 1 aromatic heterocycles. The van der Waals surface area contributed by atoms with Crippen LogP contribution >= 0.6 is 15.9 Å². The molecule has 11 nitrogen and oxygen atoms in total. The second kappa shape index (κ2) is 14.0. The van der Waals surface area contributed by atoms with E-state index in [2.05, 4.69) is 34.9 Å². The van der Waals surface area contributed by atoms with E-state index in [-0.39, 0.29) is 40.9 Å². The fourth-order valence-electron chi connectivity index (χ4n) is 5.08. The number of nitro groups is 1. The Balaban J connectivity index is 1.66. The summed E-state index contributed by atoms with van der Waals surface area (Å²) in [6.45, 7) is 8.35. The van der Waals surface area contributed by atoms with Crippen LogP contribution in [0.25, 0.3) is 22.3 Å². The zero-order valence-electron chi connectivity index (χ0n) is 26.1. The molecule has 0 radical (unpaired) electrons. The zero-order chi connectivity index (χ0) is 33.8. The minimum absolute atomic E-state index is 0.0769. The lowest BCUT2D eigenvalue weighted by molar-refractivity contribution is -0.386. The van der Waals surface area contributed by atoms with Crippen molar-refractivity contribution >= 4 is 44.7 Å². The molecule has 240 valence electrons. The molecule has 0 aliphatic heterocycles. The smallest absolute Gasteiger partial charge is 0.335 e. The first kappa shape index (κ1) is 33.0. The van der Waals surface area contributed by atoms with E-state index in [9.17, 15) is 24.8 Å². The number of carboxylic acids is 1. The predicted molar refractivity (Wildman–Crippen MR) is 183 cm³/mol. The van der Waals surface area contributed by atoms with E-state index in [4.69, 9.17) is 14.5 Å². The molecule has 0 saturated carbocycles. The van der Waals surface area contributed by atoms with Crippen molar-refractivity contribution in [3.63, 3.8) is 0 Å². The summed E-state index contributed by atoms with van der Waals surface area (Å²) in [6.07, 6.45) is 1.33. The van der Waals surface area contributed by atoms with Crippen LogP contribution in [0.1, 0.15) is 59.3 Å². The summed E-state index contributed by atoms with van der Waals surface area (Å²) < 4.78 is 13.5. The quantitative estimate of drug-likeness (QED) is 0.0838. The lowest BCUT2D eigenvalue weighted by Gasteiger charge is -2.18. The van der Waals surface area contributed by atoms with Crippen molar-refractivity contribution in [2.24, 2.45) is 5.10 Å². The third kappa shape index (κ3) is 7.07. The van der Waals surface area contributed by atoms with Crippen molar-refractivity contribution in [1.82, 2.24) is 9.66 Å². The number of hydrogen-bond acceptors (Lipinski definition) is 8. The van der Waals surface area contributed by atoms with Crippen LogP contribution in [0, 0.1) is 17.0 Å². The van der Waals surface area contributed by atoms with Crippen molar-refractivity contribution in [2.75, 3.05) is 6.61 Å². The Morgan fingerprint density at radius 2 is 1.83 bits per heavy atom. The largest absolute Gasteiger partial charge is 0.494 e. The number of carboxylic acid groups (broad SMARTS) is 1. The molecule has 0 unspecified atom stereocenters. The molecule has 4 aromatic carbocycles. The molecule has 0 aliphatic rings. The first-order valence-electron chi connectivity index (χ1n) is 14.7. The highest BCUT2D eigenvalue weighted by molar-refractivity contribution is 9.10. The first-order chi connectivity index (χ1) is 22.5. The van der Waals surface area contributed by atoms with Gasteiger partial charge in [0, 0.05) is 21.7 Å². The predicted octanol–water partition coefficient (Wildman–Crippen LogP) is 7.72. The van der Waals surface area contributed by atoms with Crippen molar-refractivity contribution < 1.29 is 24.3 Å². The normalized spacial score (nSPS) is 11.4. The number of aromatic nitrogens is 2. The standard InChI is InChI=1S/C35H31BrN4O7/c1-5-46-31-14-21(4)28(17-27(31)20(2)3)33-38-29-9-7-6-8-26(29)34(41)39(33)37-18-24-15-25(36)16-30(40(44)45)32(24)47-19-22-10-12-23(13-11-22)35(42)43/h6-18,20H,5,19H2,1-4H3,(H,42,43). The molecule has 1 heterocycles. The number of benzene rings is 4. The Labute approximate surface area is 278 Å². The Morgan fingerprint density at radius 1 is 1.11 bits per heavy atom. The van der Waals surface area contributed by atoms with Gasteiger partial charge in [0.2, 0.25) is 5.75 Å². The van der Waals surface area contributed by atoms with Gasteiger partial charge in [-0.2, -0.15) is 9.78 Å². The molecule has 5 aromatic rings. The molecular formula is C35H31BrN4O7. The molecular weight excluding hydrogens is 668 g/mol. The van der Waals surface area contributed by atoms with Gasteiger partial charge in [-0.25, -0.2) is 9.78 Å². The van der Waals surface area contributed by atoms with Gasteiger partial charge in [0.05, 0.1) is 34.2 Å². The van der Waals surface area contributed by atoms with Crippen LogP contribution in [0.4, 0.5) is 5.69 Å². The van der Waals surface area contributed by atoms with Gasteiger partial charge in [-0.3, -0.25) is 14.9 Å². The van der Waals surface area contributed by atoms with Crippen LogP contribution in [-0.2, 0) is 6.61 Å². The maximum absolute atomic E-state index is 14.0. The minimum Gasteiger partial charge on any atom is -0.494 e. The monoisotopic (exact) mass is 698 g/mol. The number of carbonyl (C=O) groups is 1. The van der Waals surface area contributed by atoms with Crippen LogP contribution in [0.5, 0.6) is 11.5 Å². The van der Waals surface area contributed by atoms with Crippen LogP contribution in [-0.4, -0.2) is 38.5 Å². The van der Waals surface area contributed by atoms with Gasteiger partial charge < -0.3 is 14.6 Å². The second-order valence-corrected chi connectivity index (χ2v) is 11.9. The number of fused-ring (bicyclic) bond motifs is 1. The van der Waals surface area contributed by atoms with E-state index in [1.165, 1.54) is 29.1 Å². The zero-order valence-corrected chi connectivity index (χ0v) is 27.6. The molecule has 1 N–H and O–H groups in total. The lowest BCUT2D eigenvalue weighted by Crippen LogP contribution is -2.21. The fourth-order valence-corrected chi connectivity index (χ4v) is 5.55. The van der Waals surface area contributed by atoms with E-state index >= 15 is 0 Å².